The molecule has 2 nitrogen and oxygen atoms in total. The van der Waals surface area contributed by atoms with Crippen LogP contribution < -0.4 is 5.73 Å². The van der Waals surface area contributed by atoms with Crippen LogP contribution in [0.25, 0.3) is 0 Å². The molecule has 0 bridgehead atoms. The highest BCUT2D eigenvalue weighted by atomic mass is 16.5. The van der Waals surface area contributed by atoms with Crippen molar-refractivity contribution in [2.45, 2.75) is 46.1 Å². The van der Waals surface area contributed by atoms with E-state index in [4.69, 9.17) is 10.5 Å². The normalized spacial score (nSPS) is 12.7. The fraction of sp³-hybridized carbons (Fsp3) is 0.600. The summed E-state index contributed by atoms with van der Waals surface area (Å²) in [4.78, 5) is 0. The van der Waals surface area contributed by atoms with Crippen molar-refractivity contribution in [3.63, 3.8) is 0 Å². The van der Waals surface area contributed by atoms with E-state index in [2.05, 4.69) is 39.0 Å². The van der Waals surface area contributed by atoms with Crippen LogP contribution in [0.15, 0.2) is 18.2 Å². The van der Waals surface area contributed by atoms with Crippen LogP contribution in [0.2, 0.25) is 0 Å². The van der Waals surface area contributed by atoms with E-state index in [9.17, 15) is 0 Å². The molecule has 0 saturated heterocycles. The summed E-state index contributed by atoms with van der Waals surface area (Å²) in [6.07, 6.45) is 2.95. The minimum absolute atomic E-state index is 0.203. The molecule has 1 atom stereocenters. The smallest absolute Gasteiger partial charge is 0.0480 e. The Morgan fingerprint density at radius 1 is 1.18 bits per heavy atom. The van der Waals surface area contributed by atoms with E-state index in [0.29, 0.717) is 0 Å². The van der Waals surface area contributed by atoms with Gasteiger partial charge >= 0.3 is 0 Å². The predicted octanol–water partition coefficient (Wildman–Crippen LogP) is 2.99. The average molecular weight is 235 g/mol. The average Bonchev–Trinajstić information content (AvgIpc) is 2.30. The molecular formula is C15H25NO. The highest BCUT2D eigenvalue weighted by Crippen LogP contribution is 2.12. The zero-order valence-electron chi connectivity index (χ0n) is 11.3. The minimum Gasteiger partial charge on any atom is -0.381 e. The second-order valence-corrected chi connectivity index (χ2v) is 4.78. The largest absolute Gasteiger partial charge is 0.381 e. The minimum atomic E-state index is 0.203. The molecule has 0 saturated carbocycles. The van der Waals surface area contributed by atoms with Crippen molar-refractivity contribution < 1.29 is 4.74 Å². The molecule has 0 amide bonds. The summed E-state index contributed by atoms with van der Waals surface area (Å²) in [6, 6.07) is 6.79. The third-order valence-corrected chi connectivity index (χ3v) is 3.05. The fourth-order valence-corrected chi connectivity index (χ4v) is 1.82. The molecule has 1 unspecified atom stereocenters. The van der Waals surface area contributed by atoms with E-state index in [1.165, 1.54) is 16.7 Å². The number of hydrogen-bond acceptors (Lipinski definition) is 2. The van der Waals surface area contributed by atoms with Crippen molar-refractivity contribution in [1.82, 2.24) is 0 Å². The molecule has 1 aromatic rings. The second kappa shape index (κ2) is 7.46. The molecule has 0 radical (unpaired) electrons. The van der Waals surface area contributed by atoms with Crippen LogP contribution in [0.5, 0.6) is 0 Å². The molecule has 0 aliphatic carbocycles. The van der Waals surface area contributed by atoms with Crippen LogP contribution >= 0.6 is 0 Å². The van der Waals surface area contributed by atoms with Gasteiger partial charge in [0.25, 0.3) is 0 Å². The van der Waals surface area contributed by atoms with Crippen LogP contribution in [0, 0.1) is 13.8 Å². The van der Waals surface area contributed by atoms with Crippen molar-refractivity contribution in [3.8, 4) is 0 Å². The molecule has 2 N–H and O–H groups in total. The van der Waals surface area contributed by atoms with E-state index in [-0.39, 0.29) is 6.04 Å². The van der Waals surface area contributed by atoms with Crippen molar-refractivity contribution in [1.29, 1.82) is 0 Å². The zero-order chi connectivity index (χ0) is 12.7. The number of aryl methyl sites for hydroxylation is 2. The Kier molecular flexibility index (Phi) is 6.23. The first-order valence-electron chi connectivity index (χ1n) is 6.53. The third kappa shape index (κ3) is 5.33. The number of benzene rings is 1. The first-order valence-corrected chi connectivity index (χ1v) is 6.53. The Balaban J connectivity index is 2.34. The maximum absolute atomic E-state index is 6.10. The third-order valence-electron chi connectivity index (χ3n) is 3.05. The summed E-state index contributed by atoms with van der Waals surface area (Å²) < 4.78 is 5.45. The molecule has 17 heavy (non-hydrogen) atoms. The van der Waals surface area contributed by atoms with Gasteiger partial charge in [-0.3, -0.25) is 0 Å². The SMILES string of the molecule is CCCOCCC(N)Cc1ccc(C)c(C)c1. The van der Waals surface area contributed by atoms with Gasteiger partial charge in [0.1, 0.15) is 0 Å². The Morgan fingerprint density at radius 2 is 1.94 bits per heavy atom. The molecular weight excluding hydrogens is 210 g/mol. The van der Waals surface area contributed by atoms with Gasteiger partial charge in [0.15, 0.2) is 0 Å². The van der Waals surface area contributed by atoms with Gasteiger partial charge in [0.05, 0.1) is 0 Å². The maximum Gasteiger partial charge on any atom is 0.0480 e. The fourth-order valence-electron chi connectivity index (χ4n) is 1.82. The van der Waals surface area contributed by atoms with Crippen molar-refractivity contribution in [2.75, 3.05) is 13.2 Å². The van der Waals surface area contributed by atoms with Gasteiger partial charge in [-0.05, 0) is 49.8 Å². The van der Waals surface area contributed by atoms with Gasteiger partial charge in [-0.25, -0.2) is 0 Å². The van der Waals surface area contributed by atoms with Gasteiger partial charge in [-0.2, -0.15) is 0 Å². The van der Waals surface area contributed by atoms with Crippen LogP contribution in [-0.4, -0.2) is 19.3 Å². The molecule has 0 spiro atoms. The summed E-state index contributed by atoms with van der Waals surface area (Å²) >= 11 is 0. The molecule has 0 aliphatic heterocycles. The highest BCUT2D eigenvalue weighted by Gasteiger charge is 2.05. The molecule has 1 aromatic carbocycles. The van der Waals surface area contributed by atoms with E-state index < -0.39 is 0 Å². The van der Waals surface area contributed by atoms with Crippen molar-refractivity contribution >= 4 is 0 Å². The standard InChI is InChI=1S/C15H25NO/c1-4-8-17-9-7-15(16)11-14-6-5-12(2)13(3)10-14/h5-6,10,15H,4,7-9,11,16H2,1-3H3. The summed E-state index contributed by atoms with van der Waals surface area (Å²) in [7, 11) is 0. The lowest BCUT2D eigenvalue weighted by atomic mass is 10.00. The van der Waals surface area contributed by atoms with Crippen LogP contribution in [-0.2, 0) is 11.2 Å². The van der Waals surface area contributed by atoms with Gasteiger partial charge in [0, 0.05) is 19.3 Å². The quantitative estimate of drug-likeness (QED) is 0.737. The predicted molar refractivity (Wildman–Crippen MR) is 73.3 cm³/mol. The first kappa shape index (κ1) is 14.2. The number of rotatable bonds is 7. The van der Waals surface area contributed by atoms with Gasteiger partial charge in [-0.1, -0.05) is 25.1 Å². The Bertz CT molecular complexity index is 336. The summed E-state index contributed by atoms with van der Waals surface area (Å²) in [5, 5.41) is 0. The van der Waals surface area contributed by atoms with Crippen LogP contribution in [0.1, 0.15) is 36.5 Å². The maximum atomic E-state index is 6.10. The van der Waals surface area contributed by atoms with E-state index in [1.54, 1.807) is 0 Å². The molecule has 96 valence electrons. The molecule has 0 aromatic heterocycles. The summed E-state index contributed by atoms with van der Waals surface area (Å²) in [6.45, 7) is 8.03. The van der Waals surface area contributed by atoms with E-state index >= 15 is 0 Å². The number of ether oxygens (including phenoxy) is 1. The molecule has 0 aliphatic rings. The lowest BCUT2D eigenvalue weighted by molar-refractivity contribution is 0.127. The Hall–Kier alpha value is -0.860. The molecule has 0 heterocycles. The lowest BCUT2D eigenvalue weighted by Gasteiger charge is -2.12. The number of hydrogen-bond donors (Lipinski definition) is 1. The molecule has 2 heteroatoms. The van der Waals surface area contributed by atoms with Gasteiger partial charge < -0.3 is 10.5 Å². The molecule has 1 rings (SSSR count). The van der Waals surface area contributed by atoms with E-state index in [1.807, 2.05) is 0 Å². The monoisotopic (exact) mass is 235 g/mol. The molecule has 0 fully saturated rings. The zero-order valence-corrected chi connectivity index (χ0v) is 11.3. The second-order valence-electron chi connectivity index (χ2n) is 4.78. The summed E-state index contributed by atoms with van der Waals surface area (Å²) in [5.74, 6) is 0. The van der Waals surface area contributed by atoms with Gasteiger partial charge in [-0.15, -0.1) is 0 Å². The topological polar surface area (TPSA) is 35.2 Å². The van der Waals surface area contributed by atoms with Crippen LogP contribution in [0.3, 0.4) is 0 Å². The van der Waals surface area contributed by atoms with Gasteiger partial charge in [0.2, 0.25) is 0 Å². The first-order chi connectivity index (χ1) is 8.13. The summed E-state index contributed by atoms with van der Waals surface area (Å²) in [5.41, 5.74) is 10.1. The Labute approximate surface area is 105 Å². The van der Waals surface area contributed by atoms with Crippen LogP contribution in [0.4, 0.5) is 0 Å². The van der Waals surface area contributed by atoms with E-state index in [0.717, 1.165) is 32.5 Å². The lowest BCUT2D eigenvalue weighted by Crippen LogP contribution is -2.24. The number of nitrogens with two attached hydrogens (primary N) is 1. The van der Waals surface area contributed by atoms with Crippen molar-refractivity contribution in [2.24, 2.45) is 5.73 Å². The highest BCUT2D eigenvalue weighted by molar-refractivity contribution is 5.30. The Morgan fingerprint density at radius 3 is 2.59 bits per heavy atom. The van der Waals surface area contributed by atoms with Crippen molar-refractivity contribution in [3.05, 3.63) is 34.9 Å².